The second-order valence-electron chi connectivity index (χ2n) is 6.26. The van der Waals surface area contributed by atoms with Gasteiger partial charge in [-0.3, -0.25) is 0 Å². The number of hydrogen-bond donors (Lipinski definition) is 2. The highest BCUT2D eigenvalue weighted by molar-refractivity contribution is 5.79. The average Bonchev–Trinajstić information content (AvgIpc) is 2.86. The lowest BCUT2D eigenvalue weighted by Crippen LogP contribution is -2.39. The topological polar surface area (TPSA) is 44.0 Å². The highest BCUT2D eigenvalue weighted by Crippen LogP contribution is 2.24. The lowest BCUT2D eigenvalue weighted by Gasteiger charge is -2.34. The van der Waals surface area contributed by atoms with Crippen LogP contribution in [0.15, 0.2) is 18.2 Å². The fraction of sp³-hybridized carbons (Fsp3) is 0.588. The number of benzene rings is 1. The highest BCUT2D eigenvalue weighted by atomic mass is 15.1. The molecule has 1 aliphatic rings. The number of nitrogens with zero attached hydrogens (tertiary/aromatic N) is 2. The van der Waals surface area contributed by atoms with Gasteiger partial charge in [-0.15, -0.1) is 0 Å². The van der Waals surface area contributed by atoms with Crippen molar-refractivity contribution in [2.45, 2.75) is 39.7 Å². The minimum absolute atomic E-state index is 0.519. The third-order valence-corrected chi connectivity index (χ3v) is 4.78. The van der Waals surface area contributed by atoms with E-state index in [1.165, 1.54) is 38.2 Å². The maximum Gasteiger partial charge on any atom is 0.104 e. The molecular formula is C17H26N4. The molecule has 1 atom stereocenters. The van der Waals surface area contributed by atoms with Gasteiger partial charge in [-0.1, -0.05) is 6.92 Å². The second kappa shape index (κ2) is 6.06. The number of anilines is 1. The van der Waals surface area contributed by atoms with Crippen LogP contribution in [0, 0.1) is 12.8 Å². The molecule has 0 spiro atoms. The molecule has 0 aliphatic carbocycles. The second-order valence-corrected chi connectivity index (χ2v) is 6.26. The van der Waals surface area contributed by atoms with Crippen molar-refractivity contribution in [3.05, 3.63) is 24.0 Å². The number of hydrogen-bond acceptors (Lipinski definition) is 3. The number of nitrogens with one attached hydrogen (secondary N) is 2. The molecule has 1 aromatic heterocycles. The summed E-state index contributed by atoms with van der Waals surface area (Å²) in [6.45, 7) is 10.2. The van der Waals surface area contributed by atoms with Gasteiger partial charge in [0.15, 0.2) is 0 Å². The number of imidazole rings is 1. The average molecular weight is 286 g/mol. The minimum Gasteiger partial charge on any atom is -0.382 e. The van der Waals surface area contributed by atoms with Crippen molar-refractivity contribution in [3.8, 4) is 0 Å². The van der Waals surface area contributed by atoms with Crippen molar-refractivity contribution < 1.29 is 0 Å². The molecule has 4 nitrogen and oxygen atoms in total. The number of aromatic nitrogens is 2. The van der Waals surface area contributed by atoms with Crippen molar-refractivity contribution in [2.24, 2.45) is 5.92 Å². The van der Waals surface area contributed by atoms with Crippen LogP contribution in [-0.2, 0) is 0 Å². The van der Waals surface area contributed by atoms with Gasteiger partial charge in [-0.25, -0.2) is 4.98 Å². The first-order valence-electron chi connectivity index (χ1n) is 8.11. The van der Waals surface area contributed by atoms with Crippen LogP contribution in [0.5, 0.6) is 0 Å². The summed E-state index contributed by atoms with van der Waals surface area (Å²) >= 11 is 0. The zero-order valence-corrected chi connectivity index (χ0v) is 13.3. The van der Waals surface area contributed by atoms with Gasteiger partial charge in [0.2, 0.25) is 0 Å². The van der Waals surface area contributed by atoms with Crippen LogP contribution in [0.2, 0.25) is 0 Å². The standard InChI is InChI=1S/C17H26N4/c1-4-21-9-7-14(8-10-21)12(2)18-15-5-6-16-17(11-15)20-13(3)19-16/h5-6,11-12,14,18H,4,7-10H2,1-3H3,(H,19,20). The third kappa shape index (κ3) is 3.21. The summed E-state index contributed by atoms with van der Waals surface area (Å²) in [5.41, 5.74) is 3.35. The maximum atomic E-state index is 4.45. The van der Waals surface area contributed by atoms with Crippen molar-refractivity contribution in [1.29, 1.82) is 0 Å². The van der Waals surface area contributed by atoms with E-state index in [2.05, 4.69) is 52.2 Å². The Bertz CT molecular complexity index is 596. The molecule has 114 valence electrons. The van der Waals surface area contributed by atoms with Crippen LogP contribution in [0.3, 0.4) is 0 Å². The predicted octanol–water partition coefficient (Wildman–Crippen LogP) is 3.40. The van der Waals surface area contributed by atoms with Gasteiger partial charge in [0.05, 0.1) is 11.0 Å². The molecule has 1 fully saturated rings. The largest absolute Gasteiger partial charge is 0.382 e. The molecule has 4 heteroatoms. The summed E-state index contributed by atoms with van der Waals surface area (Å²) in [5, 5.41) is 3.68. The molecule has 1 unspecified atom stereocenters. The molecule has 0 amide bonds. The lowest BCUT2D eigenvalue weighted by molar-refractivity contribution is 0.183. The number of piperidine rings is 1. The molecule has 3 rings (SSSR count). The Morgan fingerprint density at radius 1 is 1.38 bits per heavy atom. The summed E-state index contributed by atoms with van der Waals surface area (Å²) < 4.78 is 0. The number of likely N-dealkylation sites (tertiary alicyclic amines) is 1. The van der Waals surface area contributed by atoms with Crippen LogP contribution in [0.4, 0.5) is 5.69 Å². The molecule has 1 aromatic carbocycles. The van der Waals surface area contributed by atoms with Crippen molar-refractivity contribution in [1.82, 2.24) is 14.9 Å². The Morgan fingerprint density at radius 3 is 2.86 bits per heavy atom. The van der Waals surface area contributed by atoms with E-state index in [0.717, 1.165) is 22.8 Å². The van der Waals surface area contributed by atoms with Gasteiger partial charge in [-0.05, 0) is 70.4 Å². The fourth-order valence-electron chi connectivity index (χ4n) is 3.38. The Hall–Kier alpha value is -1.55. The first kappa shape index (κ1) is 14.4. The van der Waals surface area contributed by atoms with E-state index in [4.69, 9.17) is 0 Å². The number of aryl methyl sites for hydroxylation is 1. The minimum atomic E-state index is 0.519. The number of H-pyrrole nitrogens is 1. The predicted molar refractivity (Wildman–Crippen MR) is 88.8 cm³/mol. The van der Waals surface area contributed by atoms with E-state index < -0.39 is 0 Å². The Kier molecular flexibility index (Phi) is 4.15. The van der Waals surface area contributed by atoms with Gasteiger partial charge < -0.3 is 15.2 Å². The quantitative estimate of drug-likeness (QED) is 0.905. The molecule has 1 aliphatic heterocycles. The van der Waals surface area contributed by atoms with Gasteiger partial charge in [-0.2, -0.15) is 0 Å². The molecule has 0 radical (unpaired) electrons. The maximum absolute atomic E-state index is 4.45. The number of fused-ring (bicyclic) bond motifs is 1. The smallest absolute Gasteiger partial charge is 0.104 e. The Labute approximate surface area is 126 Å². The van der Waals surface area contributed by atoms with Crippen molar-refractivity contribution in [3.63, 3.8) is 0 Å². The van der Waals surface area contributed by atoms with Gasteiger partial charge in [0, 0.05) is 11.7 Å². The molecule has 2 heterocycles. The van der Waals surface area contributed by atoms with Crippen molar-refractivity contribution in [2.75, 3.05) is 25.0 Å². The molecule has 2 N–H and O–H groups in total. The lowest BCUT2D eigenvalue weighted by atomic mass is 9.90. The monoisotopic (exact) mass is 286 g/mol. The first-order valence-corrected chi connectivity index (χ1v) is 8.11. The van der Waals surface area contributed by atoms with Crippen LogP contribution < -0.4 is 5.32 Å². The normalized spacial score (nSPS) is 19.0. The fourth-order valence-corrected chi connectivity index (χ4v) is 3.38. The molecule has 2 aromatic rings. The van der Waals surface area contributed by atoms with Gasteiger partial charge in [0.1, 0.15) is 5.82 Å². The molecular weight excluding hydrogens is 260 g/mol. The summed E-state index contributed by atoms with van der Waals surface area (Å²) in [6.07, 6.45) is 2.60. The summed E-state index contributed by atoms with van der Waals surface area (Å²) in [4.78, 5) is 10.3. The van der Waals surface area contributed by atoms with Crippen LogP contribution in [0.25, 0.3) is 11.0 Å². The third-order valence-electron chi connectivity index (χ3n) is 4.78. The first-order chi connectivity index (χ1) is 10.2. The van der Waals surface area contributed by atoms with E-state index in [9.17, 15) is 0 Å². The number of rotatable bonds is 4. The zero-order chi connectivity index (χ0) is 14.8. The van der Waals surface area contributed by atoms with E-state index in [-0.39, 0.29) is 0 Å². The van der Waals surface area contributed by atoms with E-state index in [0.29, 0.717) is 6.04 Å². The van der Waals surface area contributed by atoms with Gasteiger partial charge >= 0.3 is 0 Å². The number of aromatic amines is 1. The molecule has 0 saturated carbocycles. The summed E-state index contributed by atoms with van der Waals surface area (Å²) in [6, 6.07) is 6.92. The van der Waals surface area contributed by atoms with Crippen LogP contribution >= 0.6 is 0 Å². The van der Waals surface area contributed by atoms with E-state index in [1.807, 2.05) is 6.92 Å². The van der Waals surface area contributed by atoms with E-state index in [1.54, 1.807) is 0 Å². The SMILES string of the molecule is CCN1CCC(C(C)Nc2ccc3nc(C)[nH]c3c2)CC1. The van der Waals surface area contributed by atoms with Crippen molar-refractivity contribution >= 4 is 16.7 Å². The van der Waals surface area contributed by atoms with Crippen LogP contribution in [-0.4, -0.2) is 40.5 Å². The molecule has 1 saturated heterocycles. The van der Waals surface area contributed by atoms with Gasteiger partial charge in [0.25, 0.3) is 0 Å². The Morgan fingerprint density at radius 2 is 2.14 bits per heavy atom. The summed E-state index contributed by atoms with van der Waals surface area (Å²) in [7, 11) is 0. The molecule has 0 bridgehead atoms. The Balaban J connectivity index is 1.64. The van der Waals surface area contributed by atoms with Crippen LogP contribution in [0.1, 0.15) is 32.5 Å². The molecule has 21 heavy (non-hydrogen) atoms. The van der Waals surface area contributed by atoms with E-state index >= 15 is 0 Å². The summed E-state index contributed by atoms with van der Waals surface area (Å²) in [5.74, 6) is 1.74. The highest BCUT2D eigenvalue weighted by Gasteiger charge is 2.23. The zero-order valence-electron chi connectivity index (χ0n) is 13.3.